The molecule has 0 bridgehead atoms. The molecule has 0 spiro atoms. The Labute approximate surface area is 143 Å². The molecule has 0 radical (unpaired) electrons. The van der Waals surface area contributed by atoms with E-state index in [4.69, 9.17) is 5.26 Å². The van der Waals surface area contributed by atoms with E-state index in [2.05, 4.69) is 14.8 Å². The summed E-state index contributed by atoms with van der Waals surface area (Å²) in [6.07, 6.45) is 1.31. The Morgan fingerprint density at radius 1 is 1.20 bits per heavy atom. The molecule has 0 amide bonds. The van der Waals surface area contributed by atoms with E-state index in [0.717, 1.165) is 6.07 Å². The SMILES string of the molecule is Cc1ccc(S(=O)(=O)Nc2ncn(-c3ccc(C#N)cc3)n2)c(F)c1. The normalized spacial score (nSPS) is 11.1. The van der Waals surface area contributed by atoms with Crippen LogP contribution in [0.15, 0.2) is 53.7 Å². The minimum absolute atomic E-state index is 0.190. The van der Waals surface area contributed by atoms with Gasteiger partial charge in [0.1, 0.15) is 17.0 Å². The highest BCUT2D eigenvalue weighted by Gasteiger charge is 2.21. The molecule has 1 heterocycles. The molecular formula is C16H12FN5O2S. The minimum atomic E-state index is -4.15. The molecule has 3 aromatic rings. The first-order valence-corrected chi connectivity index (χ1v) is 8.58. The van der Waals surface area contributed by atoms with Crippen LogP contribution < -0.4 is 4.72 Å². The van der Waals surface area contributed by atoms with Gasteiger partial charge < -0.3 is 0 Å². The Morgan fingerprint density at radius 3 is 2.56 bits per heavy atom. The minimum Gasteiger partial charge on any atom is -0.246 e. The molecule has 1 N–H and O–H groups in total. The van der Waals surface area contributed by atoms with Crippen LogP contribution in [-0.2, 0) is 10.0 Å². The average Bonchev–Trinajstić information content (AvgIpc) is 3.02. The van der Waals surface area contributed by atoms with Gasteiger partial charge in [0.25, 0.3) is 16.0 Å². The van der Waals surface area contributed by atoms with Crippen LogP contribution in [0.3, 0.4) is 0 Å². The molecule has 0 unspecified atom stereocenters. The monoisotopic (exact) mass is 357 g/mol. The number of benzene rings is 2. The molecule has 0 aliphatic rings. The summed E-state index contributed by atoms with van der Waals surface area (Å²) in [5, 5.41) is 12.8. The van der Waals surface area contributed by atoms with Gasteiger partial charge in [0.15, 0.2) is 0 Å². The average molecular weight is 357 g/mol. The summed E-state index contributed by atoms with van der Waals surface area (Å²) in [4.78, 5) is 3.39. The van der Waals surface area contributed by atoms with E-state index in [1.165, 1.54) is 23.1 Å². The highest BCUT2D eigenvalue weighted by Crippen LogP contribution is 2.18. The summed E-state index contributed by atoms with van der Waals surface area (Å²) in [5.41, 5.74) is 1.69. The van der Waals surface area contributed by atoms with Gasteiger partial charge in [-0.25, -0.2) is 22.2 Å². The van der Waals surface area contributed by atoms with Gasteiger partial charge in [0, 0.05) is 0 Å². The van der Waals surface area contributed by atoms with Crippen LogP contribution in [0.25, 0.3) is 5.69 Å². The first-order valence-electron chi connectivity index (χ1n) is 7.10. The number of hydrogen-bond acceptors (Lipinski definition) is 5. The molecule has 3 rings (SSSR count). The topological polar surface area (TPSA) is 101 Å². The number of hydrogen-bond donors (Lipinski definition) is 1. The second-order valence-corrected chi connectivity index (χ2v) is 6.86. The van der Waals surface area contributed by atoms with E-state index in [9.17, 15) is 12.8 Å². The van der Waals surface area contributed by atoms with Crippen molar-refractivity contribution >= 4 is 16.0 Å². The first-order chi connectivity index (χ1) is 11.9. The zero-order chi connectivity index (χ0) is 18.0. The number of nitriles is 1. The highest BCUT2D eigenvalue weighted by molar-refractivity contribution is 7.92. The van der Waals surface area contributed by atoms with Crippen LogP contribution in [0.5, 0.6) is 0 Å². The van der Waals surface area contributed by atoms with Crippen LogP contribution in [0.2, 0.25) is 0 Å². The van der Waals surface area contributed by atoms with Gasteiger partial charge in [-0.05, 0) is 48.9 Å². The molecular weight excluding hydrogens is 345 g/mol. The predicted molar refractivity (Wildman–Crippen MR) is 88.0 cm³/mol. The molecule has 0 fully saturated rings. The van der Waals surface area contributed by atoms with Gasteiger partial charge in [0.05, 0.1) is 17.3 Å². The lowest BCUT2D eigenvalue weighted by atomic mass is 10.2. The number of anilines is 1. The molecule has 1 aromatic heterocycles. The number of rotatable bonds is 4. The van der Waals surface area contributed by atoms with Crippen molar-refractivity contribution in [3.8, 4) is 11.8 Å². The van der Waals surface area contributed by atoms with Crippen molar-refractivity contribution in [3.63, 3.8) is 0 Å². The fraction of sp³-hybridized carbons (Fsp3) is 0.0625. The third-order valence-corrected chi connectivity index (χ3v) is 4.72. The summed E-state index contributed by atoms with van der Waals surface area (Å²) in [5.74, 6) is -1.04. The van der Waals surface area contributed by atoms with Crippen LogP contribution in [0.4, 0.5) is 10.3 Å². The fourth-order valence-electron chi connectivity index (χ4n) is 2.12. The number of nitrogens with one attached hydrogen (secondary N) is 1. The highest BCUT2D eigenvalue weighted by atomic mass is 32.2. The first kappa shape index (κ1) is 16.6. The second kappa shape index (κ2) is 6.33. The van der Waals surface area contributed by atoms with Crippen LogP contribution in [0.1, 0.15) is 11.1 Å². The second-order valence-electron chi connectivity index (χ2n) is 5.21. The fourth-order valence-corrected chi connectivity index (χ4v) is 3.13. The summed E-state index contributed by atoms with van der Waals surface area (Å²) < 4.78 is 42.0. The molecule has 2 aromatic carbocycles. The lowest BCUT2D eigenvalue weighted by Gasteiger charge is -2.06. The third kappa shape index (κ3) is 3.49. The molecule has 126 valence electrons. The summed E-state index contributed by atoms with van der Waals surface area (Å²) in [7, 11) is -4.15. The van der Waals surface area contributed by atoms with E-state index in [-0.39, 0.29) is 5.95 Å². The van der Waals surface area contributed by atoms with Gasteiger partial charge in [-0.2, -0.15) is 10.2 Å². The quantitative estimate of drug-likeness (QED) is 0.773. The molecule has 0 aliphatic carbocycles. The standard InChI is InChI=1S/C16H12FN5O2S/c1-11-2-7-15(14(17)8-11)25(23,24)21-16-19-10-22(20-16)13-5-3-12(9-18)4-6-13/h2-8,10H,1H3,(H,20,21). The molecule has 7 nitrogen and oxygen atoms in total. The lowest BCUT2D eigenvalue weighted by molar-refractivity contribution is 0.569. The summed E-state index contributed by atoms with van der Waals surface area (Å²) in [6, 6.07) is 12.3. The number of aryl methyl sites for hydroxylation is 1. The maximum atomic E-state index is 13.9. The van der Waals surface area contributed by atoms with Gasteiger partial charge in [0.2, 0.25) is 0 Å². The zero-order valence-corrected chi connectivity index (χ0v) is 13.8. The Hall–Kier alpha value is -3.25. The summed E-state index contributed by atoms with van der Waals surface area (Å²) >= 11 is 0. The molecule has 0 saturated carbocycles. The molecule has 0 saturated heterocycles. The largest absolute Gasteiger partial charge is 0.267 e. The van der Waals surface area contributed by atoms with Crippen LogP contribution >= 0.6 is 0 Å². The van der Waals surface area contributed by atoms with Crippen molar-refractivity contribution < 1.29 is 12.8 Å². The molecule has 9 heteroatoms. The number of halogens is 1. The van der Waals surface area contributed by atoms with E-state index >= 15 is 0 Å². The van der Waals surface area contributed by atoms with Gasteiger partial charge >= 0.3 is 0 Å². The van der Waals surface area contributed by atoms with Gasteiger partial charge in [-0.3, -0.25) is 0 Å². The maximum Gasteiger partial charge on any atom is 0.267 e. The van der Waals surface area contributed by atoms with E-state index in [0.29, 0.717) is 16.8 Å². The number of aromatic nitrogens is 3. The van der Waals surface area contributed by atoms with Crippen molar-refractivity contribution in [3.05, 3.63) is 65.7 Å². The molecule has 0 atom stereocenters. The van der Waals surface area contributed by atoms with E-state index < -0.39 is 20.7 Å². The number of nitrogens with zero attached hydrogens (tertiary/aromatic N) is 4. The van der Waals surface area contributed by atoms with E-state index in [1.54, 1.807) is 31.2 Å². The van der Waals surface area contributed by atoms with Crippen molar-refractivity contribution in [2.45, 2.75) is 11.8 Å². The Morgan fingerprint density at radius 2 is 1.92 bits per heavy atom. The Kier molecular flexibility index (Phi) is 4.21. The van der Waals surface area contributed by atoms with Crippen LogP contribution in [-0.4, -0.2) is 23.2 Å². The molecule has 25 heavy (non-hydrogen) atoms. The van der Waals surface area contributed by atoms with Crippen molar-refractivity contribution in [1.82, 2.24) is 14.8 Å². The van der Waals surface area contributed by atoms with Crippen molar-refractivity contribution in [2.75, 3.05) is 4.72 Å². The summed E-state index contributed by atoms with van der Waals surface area (Å²) in [6.45, 7) is 1.66. The van der Waals surface area contributed by atoms with Crippen LogP contribution in [0, 0.1) is 24.1 Å². The van der Waals surface area contributed by atoms with Crippen molar-refractivity contribution in [1.29, 1.82) is 5.26 Å². The molecule has 0 aliphatic heterocycles. The Bertz CT molecular complexity index is 1070. The van der Waals surface area contributed by atoms with E-state index in [1.807, 2.05) is 6.07 Å². The van der Waals surface area contributed by atoms with Crippen molar-refractivity contribution in [2.24, 2.45) is 0 Å². The predicted octanol–water partition coefficient (Wildman–Crippen LogP) is 2.39. The Balaban J connectivity index is 1.86. The van der Waals surface area contributed by atoms with Gasteiger partial charge in [-0.1, -0.05) is 6.07 Å². The maximum absolute atomic E-state index is 13.9. The lowest BCUT2D eigenvalue weighted by Crippen LogP contribution is -2.16. The number of sulfonamides is 1. The van der Waals surface area contributed by atoms with Gasteiger partial charge in [-0.15, -0.1) is 5.10 Å². The third-order valence-electron chi connectivity index (χ3n) is 3.36. The zero-order valence-electron chi connectivity index (χ0n) is 13.0. The smallest absolute Gasteiger partial charge is 0.246 e.